The van der Waals surface area contributed by atoms with Crippen LogP contribution in [0, 0.1) is 142 Å². The van der Waals surface area contributed by atoms with Crippen molar-refractivity contribution in [1.82, 2.24) is 0 Å². The van der Waals surface area contributed by atoms with E-state index < -0.39 is 0 Å². The second-order valence-corrected chi connectivity index (χ2v) is 0. The molecule has 0 unspecified atom stereocenters. The van der Waals surface area contributed by atoms with E-state index in [1.807, 2.05) is 0 Å². The number of hydrogen-bond donors (Lipinski definition) is 0. The van der Waals surface area contributed by atoms with E-state index in [1.54, 1.807) is 0 Å². The minimum Gasteiger partial charge on any atom is -2.00 e. The zero-order valence-electron chi connectivity index (χ0n) is 3.53. The molecule has 0 fully saturated rings. The van der Waals surface area contributed by atoms with E-state index in [-0.39, 0.29) is 159 Å². The van der Waals surface area contributed by atoms with Crippen molar-refractivity contribution < 1.29 is 159 Å². The average Bonchev–Trinajstić information content (AvgIpc) is 0. The van der Waals surface area contributed by atoms with Gasteiger partial charge in [0, 0.05) is 71.2 Å². The molecule has 0 atom stereocenters. The van der Waals surface area contributed by atoms with Crippen LogP contribution in [-0.4, -0.2) is 0 Å². The topological polar surface area (TPSA) is 85.5 Å². The first-order valence-corrected chi connectivity index (χ1v) is 0. The molecule has 0 amide bonds. The quantitative estimate of drug-likeness (QED) is 0.363. The van der Waals surface area contributed by atoms with Crippen LogP contribution in [0.1, 0.15) is 0 Å². The molecule has 0 heterocycles. The summed E-state index contributed by atoms with van der Waals surface area (Å²) in [6, 6.07) is 0. The fourth-order valence-electron chi connectivity index (χ4n) is 0. The smallest absolute Gasteiger partial charge is 2.00 e. The van der Waals surface area contributed by atoms with Crippen LogP contribution in [0.4, 0.5) is 0 Å². The van der Waals surface area contributed by atoms with Gasteiger partial charge in [-0.1, -0.05) is 0 Å². The summed E-state index contributed by atoms with van der Waals surface area (Å²) < 4.78 is 0. The van der Waals surface area contributed by atoms with Gasteiger partial charge in [-0.2, -0.15) is 0 Å². The van der Waals surface area contributed by atoms with Gasteiger partial charge in [-0.25, -0.2) is 0 Å². The van der Waals surface area contributed by atoms with Gasteiger partial charge in [0.15, 0.2) is 0 Å². The molecule has 0 saturated carbocycles. The van der Waals surface area contributed by atoms with Crippen molar-refractivity contribution in [2.45, 2.75) is 0 Å². The van der Waals surface area contributed by atoms with Crippen LogP contribution in [0.2, 0.25) is 0 Å². The molecule has 7 heavy (non-hydrogen) atoms. The van der Waals surface area contributed by atoms with Gasteiger partial charge >= 0.3 is 71.2 Å². The zero-order valence-corrected chi connectivity index (χ0v) is 18.0. The molecule has 0 bridgehead atoms. The van der Waals surface area contributed by atoms with Crippen molar-refractivity contribution in [3.05, 3.63) is 0 Å². The van der Waals surface area contributed by atoms with E-state index in [4.69, 9.17) is 0 Å². The first-order chi connectivity index (χ1) is 0. The van der Waals surface area contributed by atoms with Gasteiger partial charge in [-0.05, 0) is 0 Å². The Morgan fingerprint density at radius 1 is 0.429 bits per heavy atom. The monoisotopic (exact) mass is 604 g/mol. The molecule has 0 rings (SSSR count). The molecular formula is La4O3. The molecule has 0 aliphatic carbocycles. The fourth-order valence-corrected chi connectivity index (χ4v) is 0. The molecule has 0 aliphatic heterocycles. The number of rotatable bonds is 0. The first-order valence-electron chi connectivity index (χ1n) is 0. The molecule has 0 saturated heterocycles. The molecule has 2 radical (unpaired) electrons. The Morgan fingerprint density at radius 3 is 0.429 bits per heavy atom. The van der Waals surface area contributed by atoms with E-state index in [2.05, 4.69) is 0 Å². The Bertz CT molecular complexity index is 6.90. The second kappa shape index (κ2) is 45.8. The van der Waals surface area contributed by atoms with Crippen molar-refractivity contribution >= 4 is 0 Å². The molecule has 0 N–H and O–H groups in total. The molecular weight excluding hydrogens is 604 g/mol. The Hall–Kier alpha value is 4.66. The summed E-state index contributed by atoms with van der Waals surface area (Å²) in [6.45, 7) is 0. The largest absolute Gasteiger partial charge is 3.00 e. The molecule has 7 heteroatoms. The third-order valence-corrected chi connectivity index (χ3v) is 0. The van der Waals surface area contributed by atoms with Crippen LogP contribution in [0.15, 0.2) is 0 Å². The summed E-state index contributed by atoms with van der Waals surface area (Å²) >= 11 is 0. The maximum absolute atomic E-state index is 0. The van der Waals surface area contributed by atoms with Crippen LogP contribution < -0.4 is 0 Å². The van der Waals surface area contributed by atoms with Gasteiger partial charge in [0.1, 0.15) is 0 Å². The Kier molecular flexibility index (Phi) is 399. The maximum atomic E-state index is 0. The van der Waals surface area contributed by atoms with Crippen molar-refractivity contribution in [2.75, 3.05) is 0 Å². The van der Waals surface area contributed by atoms with Crippen molar-refractivity contribution in [3.8, 4) is 0 Å². The van der Waals surface area contributed by atoms with Gasteiger partial charge in [0.2, 0.25) is 0 Å². The van der Waals surface area contributed by atoms with Crippen molar-refractivity contribution in [2.24, 2.45) is 0 Å². The molecule has 30 valence electrons. The Morgan fingerprint density at radius 2 is 0.429 bits per heavy atom. The van der Waals surface area contributed by atoms with E-state index >= 15 is 0 Å². The molecule has 0 aromatic carbocycles. The Balaban J connectivity index is 0. The van der Waals surface area contributed by atoms with Crippen molar-refractivity contribution in [3.63, 3.8) is 0 Å². The van der Waals surface area contributed by atoms with Gasteiger partial charge in [0.05, 0.1) is 0 Å². The summed E-state index contributed by atoms with van der Waals surface area (Å²) in [5, 5.41) is 0. The van der Waals surface area contributed by atoms with E-state index in [0.29, 0.717) is 0 Å². The standard InChI is InChI=1S/4La.3O/q;;2*+3;3*-2. The van der Waals surface area contributed by atoms with Crippen LogP contribution in [-0.2, 0) is 16.4 Å². The van der Waals surface area contributed by atoms with Crippen LogP contribution in [0.25, 0.3) is 0 Å². The number of hydrogen-bond acceptors (Lipinski definition) is 0. The van der Waals surface area contributed by atoms with Gasteiger partial charge < -0.3 is 16.4 Å². The summed E-state index contributed by atoms with van der Waals surface area (Å²) in [5.74, 6) is 0. The molecule has 0 aromatic heterocycles. The molecule has 0 aromatic rings. The maximum Gasteiger partial charge on any atom is 3.00 e. The third kappa shape index (κ3) is 36.8. The van der Waals surface area contributed by atoms with Gasteiger partial charge in [-0.3, -0.25) is 0 Å². The molecule has 0 aliphatic rings. The normalized spacial score (nSPS) is 0. The molecule has 0 spiro atoms. The first kappa shape index (κ1) is 61.0. The SMILES string of the molecule is [La+3].[La+3].[La].[La].[O-2].[O-2].[O-2]. The van der Waals surface area contributed by atoms with Gasteiger partial charge in [-0.15, -0.1) is 0 Å². The summed E-state index contributed by atoms with van der Waals surface area (Å²) in [4.78, 5) is 0. The minimum atomic E-state index is 0. The van der Waals surface area contributed by atoms with E-state index in [0.717, 1.165) is 0 Å². The van der Waals surface area contributed by atoms with Crippen LogP contribution >= 0.6 is 0 Å². The fraction of sp³-hybridized carbons (Fsp3) is 0. The summed E-state index contributed by atoms with van der Waals surface area (Å²) in [6.07, 6.45) is 0. The van der Waals surface area contributed by atoms with Crippen LogP contribution in [0.5, 0.6) is 0 Å². The zero-order chi connectivity index (χ0) is 0. The van der Waals surface area contributed by atoms with Crippen LogP contribution in [0.3, 0.4) is 0 Å². The van der Waals surface area contributed by atoms with E-state index in [9.17, 15) is 0 Å². The second-order valence-electron chi connectivity index (χ2n) is 0. The summed E-state index contributed by atoms with van der Waals surface area (Å²) in [5.41, 5.74) is 0. The molecule has 3 nitrogen and oxygen atoms in total. The van der Waals surface area contributed by atoms with E-state index in [1.165, 1.54) is 0 Å². The van der Waals surface area contributed by atoms with Gasteiger partial charge in [0.25, 0.3) is 0 Å². The third-order valence-electron chi connectivity index (χ3n) is 0. The predicted octanol–water partition coefficient (Wildman–Crippen LogP) is -0.356. The minimum absolute atomic E-state index is 0. The Labute approximate surface area is 154 Å². The predicted molar refractivity (Wildman–Crippen MR) is 2.06 cm³/mol. The van der Waals surface area contributed by atoms with Crippen molar-refractivity contribution in [1.29, 1.82) is 0 Å². The average molecular weight is 604 g/mol. The summed E-state index contributed by atoms with van der Waals surface area (Å²) in [7, 11) is 0.